The highest BCUT2D eigenvalue weighted by Gasteiger charge is 2.11. The molecule has 1 aromatic rings. The van der Waals surface area contributed by atoms with E-state index in [9.17, 15) is 0 Å². The van der Waals surface area contributed by atoms with Gasteiger partial charge in [-0.25, -0.2) is 0 Å². The van der Waals surface area contributed by atoms with Crippen molar-refractivity contribution in [1.82, 2.24) is 9.80 Å². The fourth-order valence-electron chi connectivity index (χ4n) is 2.38. The second kappa shape index (κ2) is 5.50. The van der Waals surface area contributed by atoms with E-state index in [2.05, 4.69) is 39.2 Å². The van der Waals surface area contributed by atoms with Crippen LogP contribution in [0.4, 0.5) is 0 Å². The van der Waals surface area contributed by atoms with Crippen LogP contribution in [-0.4, -0.2) is 55.9 Å². The van der Waals surface area contributed by atoms with E-state index in [0.29, 0.717) is 0 Å². The van der Waals surface area contributed by atoms with Crippen molar-refractivity contribution in [3.8, 4) is 0 Å². The normalized spacial score (nSPS) is 19.9. The number of ether oxygens (including phenoxy) is 1. The Labute approximate surface area is 107 Å². The number of morpholine rings is 1. The van der Waals surface area contributed by atoms with Gasteiger partial charge in [-0.05, 0) is 6.07 Å². The number of nitrogens with zero attached hydrogens (tertiary/aromatic N) is 3. The maximum Gasteiger partial charge on any atom is 0.110 e. The standard InChI is InChI=1S/C14H19N3O/c1-2-4-14-13(3-1)11-17(12-15-14)6-5-16-7-9-18-10-8-16/h1-4,11H,5-10,12H2. The predicted octanol–water partition coefficient (Wildman–Crippen LogP) is -0.350. The van der Waals surface area contributed by atoms with Crippen LogP contribution in [0, 0.1) is 0 Å². The van der Waals surface area contributed by atoms with Gasteiger partial charge >= 0.3 is 0 Å². The quantitative estimate of drug-likeness (QED) is 0.728. The lowest BCUT2D eigenvalue weighted by Gasteiger charge is -2.29. The van der Waals surface area contributed by atoms with Gasteiger partial charge in [0.05, 0.1) is 18.6 Å². The predicted molar refractivity (Wildman–Crippen MR) is 70.5 cm³/mol. The number of rotatable bonds is 3. The van der Waals surface area contributed by atoms with E-state index in [1.807, 2.05) is 6.07 Å². The van der Waals surface area contributed by atoms with Gasteiger partial charge in [0.2, 0.25) is 0 Å². The van der Waals surface area contributed by atoms with E-state index in [1.54, 1.807) is 0 Å². The molecule has 2 heterocycles. The van der Waals surface area contributed by atoms with Gasteiger partial charge in [-0.15, -0.1) is 0 Å². The van der Waals surface area contributed by atoms with Crippen molar-refractivity contribution >= 4 is 6.20 Å². The van der Waals surface area contributed by atoms with Gasteiger partial charge in [-0.1, -0.05) is 18.2 Å². The van der Waals surface area contributed by atoms with Crippen LogP contribution in [-0.2, 0) is 4.74 Å². The third kappa shape index (κ3) is 2.71. The second-order valence-electron chi connectivity index (χ2n) is 4.75. The molecule has 0 radical (unpaired) electrons. The van der Waals surface area contributed by atoms with Gasteiger partial charge in [-0.3, -0.25) is 9.89 Å². The number of hydrogen-bond donors (Lipinski definition) is 0. The summed E-state index contributed by atoms with van der Waals surface area (Å²) in [4.78, 5) is 9.34. The van der Waals surface area contributed by atoms with E-state index >= 15 is 0 Å². The molecule has 18 heavy (non-hydrogen) atoms. The van der Waals surface area contributed by atoms with Crippen molar-refractivity contribution in [2.24, 2.45) is 4.99 Å². The third-order valence-corrected chi connectivity index (χ3v) is 3.49. The molecule has 0 bridgehead atoms. The molecule has 0 unspecified atom stereocenters. The Morgan fingerprint density at radius 2 is 1.94 bits per heavy atom. The molecule has 0 N–H and O–H groups in total. The van der Waals surface area contributed by atoms with Crippen LogP contribution in [0.3, 0.4) is 0 Å². The molecule has 1 aromatic carbocycles. The Bertz CT molecular complexity index is 508. The highest BCUT2D eigenvalue weighted by molar-refractivity contribution is 5.23. The minimum absolute atomic E-state index is 0.779. The molecule has 1 fully saturated rings. The molecule has 0 amide bonds. The first-order chi connectivity index (χ1) is 8.92. The summed E-state index contributed by atoms with van der Waals surface area (Å²) in [6.45, 7) is 6.77. The Kier molecular flexibility index (Phi) is 3.57. The topological polar surface area (TPSA) is 28.1 Å². The summed E-state index contributed by atoms with van der Waals surface area (Å²) in [7, 11) is 0. The summed E-state index contributed by atoms with van der Waals surface area (Å²) in [5.41, 5.74) is 0. The maximum absolute atomic E-state index is 5.36. The Morgan fingerprint density at radius 3 is 2.83 bits per heavy atom. The van der Waals surface area contributed by atoms with E-state index < -0.39 is 0 Å². The number of fused-ring (bicyclic) bond motifs is 1. The van der Waals surface area contributed by atoms with Gasteiger partial charge < -0.3 is 9.64 Å². The van der Waals surface area contributed by atoms with E-state index in [4.69, 9.17) is 4.74 Å². The van der Waals surface area contributed by atoms with Crippen LogP contribution in [0.1, 0.15) is 0 Å². The zero-order valence-corrected chi connectivity index (χ0v) is 10.6. The second-order valence-corrected chi connectivity index (χ2v) is 4.75. The Balaban J connectivity index is 1.60. The molecule has 2 aliphatic heterocycles. The molecule has 3 rings (SSSR count). The van der Waals surface area contributed by atoms with Crippen molar-refractivity contribution in [1.29, 1.82) is 0 Å². The largest absolute Gasteiger partial charge is 0.379 e. The fraction of sp³-hybridized carbons (Fsp3) is 0.500. The first-order valence-electron chi connectivity index (χ1n) is 6.57. The van der Waals surface area contributed by atoms with Gasteiger partial charge in [-0.2, -0.15) is 0 Å². The summed E-state index contributed by atoms with van der Waals surface area (Å²) in [5, 5.41) is 2.34. The minimum atomic E-state index is 0.779. The molecule has 1 saturated heterocycles. The first kappa shape index (κ1) is 11.7. The van der Waals surface area contributed by atoms with Crippen LogP contribution in [0.15, 0.2) is 29.3 Å². The Morgan fingerprint density at radius 1 is 1.11 bits per heavy atom. The molecule has 0 aliphatic carbocycles. The molecule has 2 aliphatic rings. The van der Waals surface area contributed by atoms with Gasteiger partial charge in [0, 0.05) is 37.6 Å². The summed E-state index contributed by atoms with van der Waals surface area (Å²) >= 11 is 0. The lowest BCUT2D eigenvalue weighted by atomic mass is 10.2. The van der Waals surface area contributed by atoms with E-state index in [0.717, 1.165) is 51.4 Å². The fourth-order valence-corrected chi connectivity index (χ4v) is 2.38. The average Bonchev–Trinajstić information content (AvgIpc) is 2.46. The lowest BCUT2D eigenvalue weighted by molar-refractivity contribution is 0.0358. The van der Waals surface area contributed by atoms with Gasteiger partial charge in [0.1, 0.15) is 6.67 Å². The Hall–Kier alpha value is -1.39. The van der Waals surface area contributed by atoms with Gasteiger partial charge in [0.15, 0.2) is 0 Å². The van der Waals surface area contributed by atoms with Crippen LogP contribution >= 0.6 is 0 Å². The van der Waals surface area contributed by atoms with Crippen molar-refractivity contribution in [2.75, 3.05) is 46.1 Å². The van der Waals surface area contributed by atoms with Crippen molar-refractivity contribution < 1.29 is 4.74 Å². The molecule has 0 atom stereocenters. The van der Waals surface area contributed by atoms with E-state index in [1.165, 1.54) is 5.22 Å². The van der Waals surface area contributed by atoms with Crippen LogP contribution in [0.2, 0.25) is 0 Å². The maximum atomic E-state index is 5.36. The van der Waals surface area contributed by atoms with Gasteiger partial charge in [0.25, 0.3) is 0 Å². The van der Waals surface area contributed by atoms with E-state index in [-0.39, 0.29) is 0 Å². The summed E-state index contributed by atoms with van der Waals surface area (Å²) in [5.74, 6) is 0. The molecule has 4 nitrogen and oxygen atoms in total. The highest BCUT2D eigenvalue weighted by atomic mass is 16.5. The zero-order valence-electron chi connectivity index (χ0n) is 10.6. The van der Waals surface area contributed by atoms with Crippen LogP contribution < -0.4 is 10.6 Å². The summed E-state index contributed by atoms with van der Waals surface area (Å²) in [6.07, 6.45) is 2.22. The molecule has 0 aromatic heterocycles. The number of benzene rings is 1. The molecule has 4 heteroatoms. The average molecular weight is 245 g/mol. The third-order valence-electron chi connectivity index (χ3n) is 3.49. The molecule has 96 valence electrons. The highest BCUT2D eigenvalue weighted by Crippen LogP contribution is 1.99. The van der Waals surface area contributed by atoms with Crippen LogP contribution in [0.5, 0.6) is 0 Å². The molecule has 0 spiro atoms. The van der Waals surface area contributed by atoms with Crippen LogP contribution in [0.25, 0.3) is 6.20 Å². The summed E-state index contributed by atoms with van der Waals surface area (Å²) < 4.78 is 5.36. The minimum Gasteiger partial charge on any atom is -0.379 e. The first-order valence-corrected chi connectivity index (χ1v) is 6.57. The molecule has 0 saturated carbocycles. The lowest BCUT2D eigenvalue weighted by Crippen LogP contribution is -2.42. The van der Waals surface area contributed by atoms with Crippen molar-refractivity contribution in [2.45, 2.75) is 0 Å². The molecular weight excluding hydrogens is 226 g/mol. The number of para-hydroxylation sites is 1. The monoisotopic (exact) mass is 245 g/mol. The van der Waals surface area contributed by atoms with Crippen molar-refractivity contribution in [3.05, 3.63) is 34.8 Å². The molecular formula is C14H19N3O. The SMILES string of the molecule is C1=c2ccccc2=NCN1CCN1CCOCC1. The zero-order chi connectivity index (χ0) is 12.2. The summed E-state index contributed by atoms with van der Waals surface area (Å²) in [6, 6.07) is 8.31. The smallest absolute Gasteiger partial charge is 0.110 e. The number of hydrogen-bond acceptors (Lipinski definition) is 4. The van der Waals surface area contributed by atoms with Crippen molar-refractivity contribution in [3.63, 3.8) is 0 Å².